The normalized spacial score (nSPS) is 13.2. The minimum atomic E-state index is -0.632. The fourth-order valence-electron chi connectivity index (χ4n) is 4.85. The first kappa shape index (κ1) is 29.9. The molecule has 200 valence electrons. The lowest BCUT2D eigenvalue weighted by Crippen LogP contribution is -2.53. The van der Waals surface area contributed by atoms with Gasteiger partial charge < -0.3 is 14.0 Å². The molecule has 2 aromatic rings. The van der Waals surface area contributed by atoms with E-state index in [0.717, 1.165) is 31.6 Å². The summed E-state index contributed by atoms with van der Waals surface area (Å²) in [4.78, 5) is 13.2. The Balaban J connectivity index is 1.79. The van der Waals surface area contributed by atoms with E-state index in [2.05, 4.69) is 52.2 Å². The summed E-state index contributed by atoms with van der Waals surface area (Å²) in [5.41, 5.74) is 2.55. The molecule has 4 nitrogen and oxygen atoms in total. The van der Waals surface area contributed by atoms with Crippen LogP contribution in [0, 0.1) is 0 Å². The Kier molecular flexibility index (Phi) is 13.6. The van der Waals surface area contributed by atoms with Crippen LogP contribution in [-0.4, -0.2) is 36.9 Å². The molecule has 0 aliphatic carbocycles. The van der Waals surface area contributed by atoms with Crippen LogP contribution >= 0.6 is 0 Å². The van der Waals surface area contributed by atoms with Crippen molar-refractivity contribution in [3.8, 4) is 5.75 Å². The Bertz CT molecular complexity index is 847. The Morgan fingerprint density at radius 2 is 1.39 bits per heavy atom. The molecule has 0 aromatic heterocycles. The second-order valence-corrected chi connectivity index (χ2v) is 10.7. The molecule has 2 rings (SSSR count). The van der Waals surface area contributed by atoms with E-state index in [9.17, 15) is 4.79 Å². The summed E-state index contributed by atoms with van der Waals surface area (Å²) >= 11 is 0. The van der Waals surface area contributed by atoms with Crippen molar-refractivity contribution in [1.82, 2.24) is 0 Å². The van der Waals surface area contributed by atoms with Gasteiger partial charge in [0.1, 0.15) is 12.3 Å². The number of likely N-dealkylation sites (N-methyl/N-ethyl adjacent to an activating group) is 1. The van der Waals surface area contributed by atoms with E-state index in [1.165, 1.54) is 62.5 Å². The molecular formula is C32H50NO3+. The zero-order chi connectivity index (χ0) is 26.2. The predicted octanol–water partition coefficient (Wildman–Crippen LogP) is 8.08. The maximum atomic E-state index is 13.2. The van der Waals surface area contributed by atoms with Crippen LogP contribution in [0.5, 0.6) is 5.75 Å². The fraction of sp³-hybridized carbons (Fsp3) is 0.594. The smallest absolute Gasteiger partial charge is 0.368 e. The first-order valence-corrected chi connectivity index (χ1v) is 14.2. The molecule has 0 fully saturated rings. The molecule has 4 heteroatoms. The van der Waals surface area contributed by atoms with Gasteiger partial charge in [-0.1, -0.05) is 101 Å². The Morgan fingerprint density at radius 3 is 2.00 bits per heavy atom. The van der Waals surface area contributed by atoms with Crippen molar-refractivity contribution in [3.63, 3.8) is 0 Å². The van der Waals surface area contributed by atoms with Crippen LogP contribution in [-0.2, 0) is 22.5 Å². The molecule has 0 aliphatic heterocycles. The highest BCUT2D eigenvalue weighted by Gasteiger charge is 2.36. The quantitative estimate of drug-likeness (QED) is 0.0905. The van der Waals surface area contributed by atoms with E-state index in [1.54, 1.807) is 6.92 Å². The van der Waals surface area contributed by atoms with Crippen molar-refractivity contribution < 1.29 is 18.8 Å². The molecule has 2 atom stereocenters. The lowest BCUT2D eigenvalue weighted by atomic mass is 10.0. The fourth-order valence-corrected chi connectivity index (χ4v) is 4.85. The number of benzene rings is 2. The summed E-state index contributed by atoms with van der Waals surface area (Å²) < 4.78 is 12.3. The van der Waals surface area contributed by atoms with E-state index in [1.807, 2.05) is 30.3 Å². The van der Waals surface area contributed by atoms with Crippen molar-refractivity contribution in [2.45, 2.75) is 110 Å². The van der Waals surface area contributed by atoms with Gasteiger partial charge in [-0.25, -0.2) is 4.79 Å². The maximum Gasteiger partial charge on any atom is 0.368 e. The maximum absolute atomic E-state index is 13.2. The number of nitrogens with zero attached hydrogens (tertiary/aromatic N) is 1. The van der Waals surface area contributed by atoms with E-state index in [-0.39, 0.29) is 12.0 Å². The number of hydrogen-bond acceptors (Lipinski definition) is 3. The topological polar surface area (TPSA) is 35.5 Å². The molecule has 0 saturated carbocycles. The van der Waals surface area contributed by atoms with Gasteiger partial charge >= 0.3 is 5.97 Å². The van der Waals surface area contributed by atoms with Gasteiger partial charge in [0.05, 0.1) is 14.1 Å². The van der Waals surface area contributed by atoms with E-state index in [4.69, 9.17) is 9.47 Å². The number of rotatable bonds is 18. The van der Waals surface area contributed by atoms with Crippen LogP contribution in [0.25, 0.3) is 0 Å². The van der Waals surface area contributed by atoms with E-state index in [0.29, 0.717) is 4.48 Å². The second kappa shape index (κ2) is 16.4. The number of carbonyl (C=O) groups is 1. The summed E-state index contributed by atoms with van der Waals surface area (Å²) in [6.07, 6.45) is 12.9. The summed E-state index contributed by atoms with van der Waals surface area (Å²) in [5.74, 6) is 0.539. The number of aryl methyl sites for hydroxylation is 1. The summed E-state index contributed by atoms with van der Waals surface area (Å²) in [5, 5.41) is 0. The highest BCUT2D eigenvalue weighted by molar-refractivity contribution is 5.74. The zero-order valence-corrected chi connectivity index (χ0v) is 23.5. The molecule has 2 unspecified atom stereocenters. The van der Waals surface area contributed by atoms with Crippen LogP contribution in [0.1, 0.15) is 96.1 Å². The Hall–Kier alpha value is -2.33. The largest absolute Gasteiger partial charge is 0.455 e. The monoisotopic (exact) mass is 496 g/mol. The van der Waals surface area contributed by atoms with E-state index >= 15 is 0 Å². The molecular weight excluding hydrogens is 446 g/mol. The molecule has 2 aromatic carbocycles. The molecule has 0 aliphatic rings. The molecule has 0 spiro atoms. The van der Waals surface area contributed by atoms with Crippen LogP contribution in [0.15, 0.2) is 54.6 Å². The van der Waals surface area contributed by atoms with E-state index < -0.39 is 6.29 Å². The molecule has 0 saturated heterocycles. The van der Waals surface area contributed by atoms with Crippen molar-refractivity contribution in [2.24, 2.45) is 0 Å². The van der Waals surface area contributed by atoms with Gasteiger partial charge in [-0.05, 0) is 37.0 Å². The number of ether oxygens (including phenoxy) is 2. The SMILES string of the molecule is CCCCCCCCCCc1ccc(OC(C)OC(=O)C(CCC)[N+](C)(C)Cc2ccccc2)cc1. The molecule has 36 heavy (non-hydrogen) atoms. The number of esters is 1. The summed E-state index contributed by atoms with van der Waals surface area (Å²) in [6.45, 7) is 6.95. The van der Waals surface area contributed by atoms with Gasteiger partial charge in [-0.3, -0.25) is 0 Å². The summed E-state index contributed by atoms with van der Waals surface area (Å²) in [7, 11) is 4.20. The van der Waals surface area contributed by atoms with Crippen LogP contribution < -0.4 is 4.74 Å². The van der Waals surface area contributed by atoms with Gasteiger partial charge in [0.2, 0.25) is 6.29 Å². The van der Waals surface area contributed by atoms with Crippen molar-refractivity contribution in [2.75, 3.05) is 14.1 Å². The zero-order valence-electron chi connectivity index (χ0n) is 23.5. The third kappa shape index (κ3) is 11.2. The van der Waals surface area contributed by atoms with Gasteiger partial charge in [0.25, 0.3) is 0 Å². The average Bonchev–Trinajstić information content (AvgIpc) is 2.85. The second-order valence-electron chi connectivity index (χ2n) is 10.7. The number of quaternary nitrogens is 1. The number of unbranched alkanes of at least 4 members (excludes halogenated alkanes) is 7. The predicted molar refractivity (Wildman–Crippen MR) is 150 cm³/mol. The summed E-state index contributed by atoms with van der Waals surface area (Å²) in [6, 6.07) is 18.3. The lowest BCUT2D eigenvalue weighted by molar-refractivity contribution is -0.920. The number of hydrogen-bond donors (Lipinski definition) is 0. The Morgan fingerprint density at radius 1 is 0.778 bits per heavy atom. The highest BCUT2D eigenvalue weighted by Crippen LogP contribution is 2.21. The first-order valence-electron chi connectivity index (χ1n) is 14.2. The third-order valence-corrected chi connectivity index (χ3v) is 6.94. The van der Waals surface area contributed by atoms with Crippen molar-refractivity contribution >= 4 is 5.97 Å². The molecule has 0 amide bonds. The van der Waals surface area contributed by atoms with Gasteiger partial charge in [0.15, 0.2) is 6.04 Å². The average molecular weight is 497 g/mol. The standard InChI is InChI=1S/C32H50NO3/c1-6-8-9-10-11-12-13-15-19-28-22-24-30(25-23-28)35-27(3)36-32(34)31(18-7-2)33(4,5)26-29-20-16-14-17-21-29/h14,16-17,20-25,27,31H,6-13,15,18-19,26H2,1-5H3/q+1. The highest BCUT2D eigenvalue weighted by atomic mass is 16.7. The Labute approximate surface area is 220 Å². The van der Waals surface area contributed by atoms with Crippen molar-refractivity contribution in [1.29, 1.82) is 0 Å². The number of carbonyl (C=O) groups excluding carboxylic acids is 1. The first-order chi connectivity index (χ1) is 17.4. The lowest BCUT2D eigenvalue weighted by Gasteiger charge is -2.37. The molecule has 0 heterocycles. The van der Waals surface area contributed by atoms with Crippen LogP contribution in [0.4, 0.5) is 0 Å². The van der Waals surface area contributed by atoms with Gasteiger partial charge in [0, 0.05) is 18.9 Å². The third-order valence-electron chi connectivity index (χ3n) is 6.94. The minimum Gasteiger partial charge on any atom is -0.455 e. The molecule has 0 N–H and O–H groups in total. The molecule has 0 radical (unpaired) electrons. The van der Waals surface area contributed by atoms with Crippen molar-refractivity contribution in [3.05, 3.63) is 65.7 Å². The molecule has 0 bridgehead atoms. The minimum absolute atomic E-state index is 0.198. The van der Waals surface area contributed by atoms with Crippen LogP contribution in [0.2, 0.25) is 0 Å². The van der Waals surface area contributed by atoms with Gasteiger partial charge in [-0.2, -0.15) is 0 Å². The van der Waals surface area contributed by atoms with Gasteiger partial charge in [-0.15, -0.1) is 0 Å². The van der Waals surface area contributed by atoms with Crippen LogP contribution in [0.3, 0.4) is 0 Å².